The van der Waals surface area contributed by atoms with E-state index in [1.165, 1.54) is 11.3 Å². The van der Waals surface area contributed by atoms with Crippen LogP contribution in [-0.2, 0) is 0 Å². The van der Waals surface area contributed by atoms with Gasteiger partial charge in [-0.25, -0.2) is 4.79 Å². The van der Waals surface area contributed by atoms with Crippen molar-refractivity contribution in [2.45, 2.75) is 20.0 Å². The molecule has 0 unspecified atom stereocenters. The molecule has 18 heavy (non-hydrogen) atoms. The summed E-state index contributed by atoms with van der Waals surface area (Å²) in [6, 6.07) is 5.24. The van der Waals surface area contributed by atoms with Crippen LogP contribution in [0.2, 0.25) is 0 Å². The number of hydrogen-bond donors (Lipinski definition) is 1. The highest BCUT2D eigenvalue weighted by atomic mass is 32.1. The highest BCUT2D eigenvalue weighted by Crippen LogP contribution is 2.29. The van der Waals surface area contributed by atoms with Gasteiger partial charge in [-0.3, -0.25) is 4.98 Å². The molecule has 94 valence electrons. The van der Waals surface area contributed by atoms with E-state index >= 15 is 0 Å². The maximum absolute atomic E-state index is 10.8. The van der Waals surface area contributed by atoms with Crippen molar-refractivity contribution < 1.29 is 14.6 Å². The van der Waals surface area contributed by atoms with E-state index in [9.17, 15) is 4.79 Å². The lowest BCUT2D eigenvalue weighted by molar-refractivity contribution is 0.0702. The van der Waals surface area contributed by atoms with Gasteiger partial charge < -0.3 is 9.84 Å². The molecule has 1 N–H and O–H groups in total. The van der Waals surface area contributed by atoms with Crippen LogP contribution in [0, 0.1) is 0 Å². The third-order valence-corrected chi connectivity index (χ3v) is 3.31. The fourth-order valence-corrected chi connectivity index (χ4v) is 2.32. The first-order valence-electron chi connectivity index (χ1n) is 5.51. The van der Waals surface area contributed by atoms with Crippen molar-refractivity contribution in [1.82, 2.24) is 4.98 Å². The summed E-state index contributed by atoms with van der Waals surface area (Å²) in [5.74, 6) is -0.221. The third-order valence-electron chi connectivity index (χ3n) is 2.19. The summed E-state index contributed by atoms with van der Waals surface area (Å²) < 4.78 is 5.56. The van der Waals surface area contributed by atoms with E-state index in [0.717, 1.165) is 10.4 Å². The summed E-state index contributed by atoms with van der Waals surface area (Å²) in [4.78, 5) is 16.1. The largest absolute Gasteiger partial charge is 0.489 e. The van der Waals surface area contributed by atoms with E-state index in [-0.39, 0.29) is 6.10 Å². The topological polar surface area (TPSA) is 59.4 Å². The molecule has 0 saturated carbocycles. The van der Waals surface area contributed by atoms with Crippen LogP contribution in [0.1, 0.15) is 23.5 Å². The summed E-state index contributed by atoms with van der Waals surface area (Å²) in [5.41, 5.74) is 0.866. The molecule has 2 heterocycles. The molecule has 0 aliphatic rings. The molecule has 2 aromatic rings. The van der Waals surface area contributed by atoms with Crippen molar-refractivity contribution in [2.75, 3.05) is 0 Å². The van der Waals surface area contributed by atoms with Gasteiger partial charge in [-0.15, -0.1) is 11.3 Å². The van der Waals surface area contributed by atoms with Gasteiger partial charge in [0.15, 0.2) is 0 Å². The summed E-state index contributed by atoms with van der Waals surface area (Å²) in [7, 11) is 0. The van der Waals surface area contributed by atoms with Crippen LogP contribution in [0.3, 0.4) is 0 Å². The molecule has 4 nitrogen and oxygen atoms in total. The van der Waals surface area contributed by atoms with E-state index in [4.69, 9.17) is 9.84 Å². The number of hydrogen-bond acceptors (Lipinski definition) is 4. The fourth-order valence-electron chi connectivity index (χ4n) is 1.50. The molecule has 0 aromatic carbocycles. The van der Waals surface area contributed by atoms with Gasteiger partial charge >= 0.3 is 5.97 Å². The highest BCUT2D eigenvalue weighted by Gasteiger charge is 2.09. The average Bonchev–Trinajstić information content (AvgIpc) is 2.77. The molecule has 0 saturated heterocycles. The number of nitrogens with zero attached hydrogens (tertiary/aromatic N) is 1. The lowest BCUT2D eigenvalue weighted by atomic mass is 10.2. The Hall–Kier alpha value is -1.88. The predicted octanol–water partition coefficient (Wildman–Crippen LogP) is 3.30. The van der Waals surface area contributed by atoms with Crippen LogP contribution < -0.4 is 4.74 Å². The minimum absolute atomic E-state index is 0.0833. The van der Waals surface area contributed by atoms with E-state index in [1.54, 1.807) is 24.5 Å². The zero-order valence-electron chi connectivity index (χ0n) is 10.1. The fraction of sp³-hybridized carbons (Fsp3) is 0.231. The smallest absolute Gasteiger partial charge is 0.345 e. The van der Waals surface area contributed by atoms with E-state index in [1.807, 2.05) is 19.9 Å². The highest BCUT2D eigenvalue weighted by molar-refractivity contribution is 7.17. The van der Waals surface area contributed by atoms with Crippen LogP contribution in [0.5, 0.6) is 5.75 Å². The summed E-state index contributed by atoms with van der Waals surface area (Å²) in [5, 5.41) is 8.89. The quantitative estimate of drug-likeness (QED) is 0.919. The Labute approximate surface area is 109 Å². The first-order chi connectivity index (χ1) is 8.56. The Morgan fingerprint density at radius 3 is 2.78 bits per heavy atom. The molecule has 0 atom stereocenters. The van der Waals surface area contributed by atoms with E-state index in [0.29, 0.717) is 10.6 Å². The molecule has 0 aliphatic heterocycles. The molecule has 0 bridgehead atoms. The number of aromatic nitrogens is 1. The normalized spacial score (nSPS) is 10.6. The van der Waals surface area contributed by atoms with Crippen molar-refractivity contribution in [1.29, 1.82) is 0 Å². The zero-order valence-corrected chi connectivity index (χ0v) is 10.9. The molecule has 0 fully saturated rings. The van der Waals surface area contributed by atoms with Gasteiger partial charge in [0.1, 0.15) is 10.6 Å². The zero-order chi connectivity index (χ0) is 13.1. The number of rotatable bonds is 4. The Morgan fingerprint density at radius 2 is 2.17 bits per heavy atom. The standard InChI is InChI=1S/C13H13NO3S/c1-8(2)17-10-5-9(6-14-7-10)11-3-4-12(18-11)13(15)16/h3-8H,1-2H3,(H,15,16). The predicted molar refractivity (Wildman–Crippen MR) is 70.3 cm³/mol. The van der Waals surface area contributed by atoms with Crippen molar-refractivity contribution in [3.8, 4) is 16.2 Å². The van der Waals surface area contributed by atoms with Crippen LogP contribution in [-0.4, -0.2) is 22.2 Å². The van der Waals surface area contributed by atoms with Gasteiger partial charge in [-0.2, -0.15) is 0 Å². The molecule has 2 aromatic heterocycles. The summed E-state index contributed by atoms with van der Waals surface area (Å²) in [6.07, 6.45) is 3.43. The monoisotopic (exact) mass is 263 g/mol. The minimum Gasteiger partial charge on any atom is -0.489 e. The second-order valence-electron chi connectivity index (χ2n) is 4.04. The van der Waals surface area contributed by atoms with Crippen LogP contribution >= 0.6 is 11.3 Å². The number of aromatic carboxylic acids is 1. The molecule has 0 spiro atoms. The van der Waals surface area contributed by atoms with Crippen LogP contribution in [0.25, 0.3) is 10.4 Å². The number of ether oxygens (including phenoxy) is 1. The van der Waals surface area contributed by atoms with Crippen molar-refractivity contribution in [2.24, 2.45) is 0 Å². The Bertz CT molecular complexity index is 563. The van der Waals surface area contributed by atoms with Gasteiger partial charge in [-0.05, 0) is 32.0 Å². The Morgan fingerprint density at radius 1 is 1.39 bits per heavy atom. The van der Waals surface area contributed by atoms with Gasteiger partial charge in [-0.1, -0.05) is 0 Å². The maximum atomic E-state index is 10.8. The van der Waals surface area contributed by atoms with Gasteiger partial charge in [0.2, 0.25) is 0 Å². The number of pyridine rings is 1. The van der Waals surface area contributed by atoms with Crippen LogP contribution in [0.4, 0.5) is 0 Å². The Balaban J connectivity index is 2.29. The second kappa shape index (κ2) is 5.18. The van der Waals surface area contributed by atoms with Crippen molar-refractivity contribution in [3.63, 3.8) is 0 Å². The first-order valence-corrected chi connectivity index (χ1v) is 6.33. The van der Waals surface area contributed by atoms with Gasteiger partial charge in [0.25, 0.3) is 0 Å². The summed E-state index contributed by atoms with van der Waals surface area (Å²) >= 11 is 1.23. The molecule has 0 radical (unpaired) electrons. The molecular formula is C13H13NO3S. The average molecular weight is 263 g/mol. The van der Waals surface area contributed by atoms with Crippen LogP contribution in [0.15, 0.2) is 30.6 Å². The molecule has 0 amide bonds. The Kier molecular flexibility index (Phi) is 3.62. The molecule has 5 heteroatoms. The number of thiophene rings is 1. The lowest BCUT2D eigenvalue weighted by Crippen LogP contribution is -2.05. The summed E-state index contributed by atoms with van der Waals surface area (Å²) in [6.45, 7) is 3.89. The van der Waals surface area contributed by atoms with E-state index in [2.05, 4.69) is 4.98 Å². The molecular weight excluding hydrogens is 250 g/mol. The molecule has 0 aliphatic carbocycles. The number of carboxylic acids is 1. The maximum Gasteiger partial charge on any atom is 0.345 e. The number of carboxylic acid groups (broad SMARTS) is 1. The second-order valence-corrected chi connectivity index (χ2v) is 5.13. The van der Waals surface area contributed by atoms with Gasteiger partial charge in [0, 0.05) is 16.6 Å². The lowest BCUT2D eigenvalue weighted by Gasteiger charge is -2.09. The number of carbonyl (C=O) groups is 1. The van der Waals surface area contributed by atoms with Crippen molar-refractivity contribution in [3.05, 3.63) is 35.5 Å². The first kappa shape index (κ1) is 12.6. The van der Waals surface area contributed by atoms with Crippen molar-refractivity contribution >= 4 is 17.3 Å². The van der Waals surface area contributed by atoms with E-state index < -0.39 is 5.97 Å². The third kappa shape index (κ3) is 2.87. The minimum atomic E-state index is -0.909. The SMILES string of the molecule is CC(C)Oc1cncc(-c2ccc(C(=O)O)s2)c1. The van der Waals surface area contributed by atoms with Gasteiger partial charge in [0.05, 0.1) is 12.3 Å². The molecule has 2 rings (SSSR count).